The van der Waals surface area contributed by atoms with E-state index in [1.54, 1.807) is 0 Å². The minimum atomic E-state index is -0.200. The fraction of sp³-hybridized carbons (Fsp3) is 0.750. The van der Waals surface area contributed by atoms with Crippen molar-refractivity contribution < 1.29 is 5.11 Å². The molecule has 1 atom stereocenters. The monoisotopic (exact) mass is 225 g/mol. The summed E-state index contributed by atoms with van der Waals surface area (Å²) >= 11 is 0. The van der Waals surface area contributed by atoms with Gasteiger partial charge in [-0.1, -0.05) is 6.92 Å². The van der Waals surface area contributed by atoms with Gasteiger partial charge in [-0.2, -0.15) is 5.10 Å². The maximum Gasteiger partial charge on any atom is 0.0611 e. The predicted octanol–water partition coefficient (Wildman–Crippen LogP) is 1.33. The van der Waals surface area contributed by atoms with Gasteiger partial charge in [0.05, 0.1) is 6.61 Å². The fourth-order valence-electron chi connectivity index (χ4n) is 1.64. The van der Waals surface area contributed by atoms with Crippen LogP contribution in [0.15, 0.2) is 12.3 Å². The van der Waals surface area contributed by atoms with Crippen LogP contribution in [0.25, 0.3) is 0 Å². The molecule has 0 aromatic carbocycles. The molecule has 0 radical (unpaired) electrons. The largest absolute Gasteiger partial charge is 0.394 e. The molecular formula is C12H23N3O. The fourth-order valence-corrected chi connectivity index (χ4v) is 1.64. The zero-order chi connectivity index (χ0) is 12.0. The van der Waals surface area contributed by atoms with Gasteiger partial charge in [-0.25, -0.2) is 0 Å². The zero-order valence-electron chi connectivity index (χ0n) is 10.5. The zero-order valence-corrected chi connectivity index (χ0v) is 10.5. The standard InChI is InChI=1S/C12H23N3O/c1-4-7-13-12(3,10-16)6-9-15-11(2)5-8-14-15/h5,8,13,16H,4,6-7,9-10H2,1-3H3. The Labute approximate surface area is 97.7 Å². The van der Waals surface area contributed by atoms with E-state index in [1.807, 2.05) is 23.9 Å². The Balaban J connectivity index is 2.47. The van der Waals surface area contributed by atoms with Crippen LogP contribution in [-0.4, -0.2) is 33.6 Å². The molecule has 0 amide bonds. The van der Waals surface area contributed by atoms with Crippen LogP contribution in [0, 0.1) is 6.92 Å². The van der Waals surface area contributed by atoms with E-state index in [0.717, 1.165) is 31.6 Å². The molecule has 1 aromatic rings. The molecule has 1 aromatic heterocycles. The van der Waals surface area contributed by atoms with E-state index >= 15 is 0 Å². The summed E-state index contributed by atoms with van der Waals surface area (Å²) in [4.78, 5) is 0. The molecule has 16 heavy (non-hydrogen) atoms. The first-order chi connectivity index (χ1) is 7.61. The average Bonchev–Trinajstić information content (AvgIpc) is 2.70. The third-order valence-electron chi connectivity index (χ3n) is 2.96. The Kier molecular flexibility index (Phi) is 4.96. The molecule has 4 heteroatoms. The van der Waals surface area contributed by atoms with E-state index in [-0.39, 0.29) is 12.1 Å². The van der Waals surface area contributed by atoms with Crippen LogP contribution in [0.5, 0.6) is 0 Å². The third kappa shape index (κ3) is 3.61. The van der Waals surface area contributed by atoms with E-state index in [9.17, 15) is 5.11 Å². The van der Waals surface area contributed by atoms with Crippen molar-refractivity contribution in [2.24, 2.45) is 0 Å². The summed E-state index contributed by atoms with van der Waals surface area (Å²) in [5, 5.41) is 17.0. The minimum absolute atomic E-state index is 0.160. The van der Waals surface area contributed by atoms with E-state index in [4.69, 9.17) is 0 Å². The predicted molar refractivity (Wildman–Crippen MR) is 65.4 cm³/mol. The molecule has 0 aliphatic carbocycles. The molecule has 0 aliphatic heterocycles. The van der Waals surface area contributed by atoms with Crippen molar-refractivity contribution in [1.82, 2.24) is 15.1 Å². The molecule has 2 N–H and O–H groups in total. The molecule has 1 unspecified atom stereocenters. The molecule has 0 aliphatic rings. The van der Waals surface area contributed by atoms with Gasteiger partial charge in [0.1, 0.15) is 0 Å². The number of aliphatic hydroxyl groups is 1. The highest BCUT2D eigenvalue weighted by molar-refractivity contribution is 4.97. The Morgan fingerprint density at radius 1 is 1.56 bits per heavy atom. The van der Waals surface area contributed by atoms with Crippen molar-refractivity contribution in [3.63, 3.8) is 0 Å². The number of hydrogen-bond acceptors (Lipinski definition) is 3. The average molecular weight is 225 g/mol. The van der Waals surface area contributed by atoms with Crippen molar-refractivity contribution in [2.45, 2.75) is 45.7 Å². The van der Waals surface area contributed by atoms with Crippen molar-refractivity contribution in [2.75, 3.05) is 13.2 Å². The second-order valence-electron chi connectivity index (χ2n) is 4.59. The van der Waals surface area contributed by atoms with Gasteiger partial charge < -0.3 is 10.4 Å². The Morgan fingerprint density at radius 3 is 2.81 bits per heavy atom. The quantitative estimate of drug-likeness (QED) is 0.736. The van der Waals surface area contributed by atoms with E-state index in [0.29, 0.717) is 0 Å². The van der Waals surface area contributed by atoms with Gasteiger partial charge in [0.25, 0.3) is 0 Å². The van der Waals surface area contributed by atoms with Crippen LogP contribution in [0.1, 0.15) is 32.4 Å². The summed E-state index contributed by atoms with van der Waals surface area (Å²) in [5.41, 5.74) is 0.963. The molecule has 0 saturated heterocycles. The Hall–Kier alpha value is -0.870. The maximum atomic E-state index is 9.42. The van der Waals surface area contributed by atoms with Gasteiger partial charge >= 0.3 is 0 Å². The smallest absolute Gasteiger partial charge is 0.0611 e. The van der Waals surface area contributed by atoms with Crippen LogP contribution < -0.4 is 5.32 Å². The van der Waals surface area contributed by atoms with Gasteiger partial charge in [-0.15, -0.1) is 0 Å². The van der Waals surface area contributed by atoms with E-state index < -0.39 is 0 Å². The molecule has 0 bridgehead atoms. The number of rotatable bonds is 7. The number of nitrogens with one attached hydrogen (secondary N) is 1. The van der Waals surface area contributed by atoms with Crippen LogP contribution in [0.3, 0.4) is 0 Å². The lowest BCUT2D eigenvalue weighted by atomic mass is 9.99. The van der Waals surface area contributed by atoms with Crippen LogP contribution in [0.4, 0.5) is 0 Å². The molecule has 1 heterocycles. The molecule has 1 rings (SSSR count). The SMILES string of the molecule is CCCNC(C)(CO)CCn1nccc1C. The number of nitrogens with zero attached hydrogens (tertiary/aromatic N) is 2. The summed E-state index contributed by atoms with van der Waals surface area (Å²) in [6.45, 7) is 8.17. The first-order valence-electron chi connectivity index (χ1n) is 5.95. The second-order valence-corrected chi connectivity index (χ2v) is 4.59. The molecule has 0 fully saturated rings. The van der Waals surface area contributed by atoms with Gasteiger partial charge in [0.15, 0.2) is 0 Å². The molecular weight excluding hydrogens is 202 g/mol. The maximum absolute atomic E-state index is 9.42. The van der Waals surface area contributed by atoms with Crippen molar-refractivity contribution in [3.05, 3.63) is 18.0 Å². The van der Waals surface area contributed by atoms with Crippen LogP contribution in [0.2, 0.25) is 0 Å². The Bertz CT molecular complexity index is 311. The van der Waals surface area contributed by atoms with Crippen molar-refractivity contribution in [1.29, 1.82) is 0 Å². The summed E-state index contributed by atoms with van der Waals surface area (Å²) < 4.78 is 1.97. The third-order valence-corrected chi connectivity index (χ3v) is 2.96. The highest BCUT2D eigenvalue weighted by Gasteiger charge is 2.22. The number of aliphatic hydroxyl groups excluding tert-OH is 1. The number of aromatic nitrogens is 2. The lowest BCUT2D eigenvalue weighted by molar-refractivity contribution is 0.159. The van der Waals surface area contributed by atoms with Crippen molar-refractivity contribution >= 4 is 0 Å². The minimum Gasteiger partial charge on any atom is -0.394 e. The summed E-state index contributed by atoms with van der Waals surface area (Å²) in [6, 6.07) is 2.00. The first-order valence-corrected chi connectivity index (χ1v) is 5.95. The van der Waals surface area contributed by atoms with Crippen molar-refractivity contribution in [3.8, 4) is 0 Å². The molecule has 0 spiro atoms. The summed E-state index contributed by atoms with van der Waals surface area (Å²) in [7, 11) is 0. The van der Waals surface area contributed by atoms with Gasteiger partial charge in [-0.05, 0) is 39.3 Å². The van der Waals surface area contributed by atoms with Gasteiger partial charge in [0, 0.05) is 24.0 Å². The lowest BCUT2D eigenvalue weighted by Crippen LogP contribution is -2.46. The highest BCUT2D eigenvalue weighted by Crippen LogP contribution is 2.11. The second kappa shape index (κ2) is 6.01. The highest BCUT2D eigenvalue weighted by atomic mass is 16.3. The topological polar surface area (TPSA) is 50.1 Å². The number of hydrogen-bond donors (Lipinski definition) is 2. The summed E-state index contributed by atoms with van der Waals surface area (Å²) in [6.07, 6.45) is 3.77. The molecule has 92 valence electrons. The Morgan fingerprint density at radius 2 is 2.31 bits per heavy atom. The van der Waals surface area contributed by atoms with E-state index in [1.165, 1.54) is 0 Å². The van der Waals surface area contributed by atoms with Crippen LogP contribution >= 0.6 is 0 Å². The number of aryl methyl sites for hydroxylation is 2. The lowest BCUT2D eigenvalue weighted by Gasteiger charge is -2.29. The van der Waals surface area contributed by atoms with Crippen LogP contribution in [-0.2, 0) is 6.54 Å². The first kappa shape index (κ1) is 13.2. The summed E-state index contributed by atoms with van der Waals surface area (Å²) in [5.74, 6) is 0. The van der Waals surface area contributed by atoms with Gasteiger partial charge in [-0.3, -0.25) is 4.68 Å². The molecule has 4 nitrogen and oxygen atoms in total. The van der Waals surface area contributed by atoms with E-state index in [2.05, 4.69) is 24.3 Å². The normalized spacial score (nSPS) is 15.0. The van der Waals surface area contributed by atoms with Gasteiger partial charge in [0.2, 0.25) is 0 Å². The molecule has 0 saturated carbocycles.